The number of aliphatic hydroxyl groups excluding tert-OH is 1. The quantitative estimate of drug-likeness (QED) is 0.626. The van der Waals surface area contributed by atoms with Gasteiger partial charge in [0.2, 0.25) is 0 Å². The van der Waals surface area contributed by atoms with Crippen LogP contribution in [0.5, 0.6) is 0 Å². The van der Waals surface area contributed by atoms with Gasteiger partial charge in [0.15, 0.2) is 11.6 Å². The highest BCUT2D eigenvalue weighted by atomic mass is 16.8. The van der Waals surface area contributed by atoms with Gasteiger partial charge in [-0.25, -0.2) is 0 Å². The third-order valence-corrected chi connectivity index (χ3v) is 4.77. The largest absolute Gasteiger partial charge is 0.393 e. The van der Waals surface area contributed by atoms with Crippen LogP contribution in [0.3, 0.4) is 0 Å². The predicted octanol–water partition coefficient (Wildman–Crippen LogP) is 3.62. The minimum atomic E-state index is -0.549. The maximum atomic E-state index is 11.2. The van der Waals surface area contributed by atoms with Crippen molar-refractivity contribution in [3.63, 3.8) is 0 Å². The van der Waals surface area contributed by atoms with E-state index in [1.807, 2.05) is 20.8 Å². The summed E-state index contributed by atoms with van der Waals surface area (Å²) in [6.45, 7) is 11.7. The zero-order valence-electron chi connectivity index (χ0n) is 14.5. The first kappa shape index (κ1) is 19.3. The van der Waals surface area contributed by atoms with Crippen molar-refractivity contribution in [1.82, 2.24) is 0 Å². The van der Waals surface area contributed by atoms with Gasteiger partial charge in [-0.05, 0) is 59.0 Å². The number of hydrogen-bond acceptors (Lipinski definition) is 4. The van der Waals surface area contributed by atoms with E-state index in [0.29, 0.717) is 25.7 Å². The van der Waals surface area contributed by atoms with Crippen molar-refractivity contribution in [2.24, 2.45) is 5.92 Å². The minimum Gasteiger partial charge on any atom is -0.393 e. The molecule has 22 heavy (non-hydrogen) atoms. The first-order valence-electron chi connectivity index (χ1n) is 8.51. The van der Waals surface area contributed by atoms with E-state index in [1.54, 1.807) is 0 Å². The summed E-state index contributed by atoms with van der Waals surface area (Å²) < 4.78 is 12.0. The molecule has 1 aliphatic heterocycles. The van der Waals surface area contributed by atoms with Gasteiger partial charge in [-0.1, -0.05) is 13.5 Å². The first-order valence-corrected chi connectivity index (χ1v) is 8.51. The fraction of sp³-hybridized carbons (Fsp3) is 0.833. The highest BCUT2D eigenvalue weighted by molar-refractivity contribution is 5.88. The molecule has 1 N–H and O–H groups in total. The van der Waals surface area contributed by atoms with Crippen molar-refractivity contribution in [3.05, 3.63) is 12.7 Å². The molecule has 1 rings (SSSR count). The molecule has 0 aromatic heterocycles. The van der Waals surface area contributed by atoms with Gasteiger partial charge in [-0.3, -0.25) is 4.79 Å². The van der Waals surface area contributed by atoms with Crippen molar-refractivity contribution < 1.29 is 19.4 Å². The number of ketones is 1. The number of ether oxygens (including phenoxy) is 2. The molecule has 4 nitrogen and oxygen atoms in total. The van der Waals surface area contributed by atoms with E-state index in [9.17, 15) is 9.90 Å². The molecule has 0 bridgehead atoms. The Bertz CT molecular complexity index is 356. The van der Waals surface area contributed by atoms with Crippen molar-refractivity contribution in [3.8, 4) is 0 Å². The monoisotopic (exact) mass is 312 g/mol. The lowest BCUT2D eigenvalue weighted by Gasteiger charge is -2.32. The Morgan fingerprint density at radius 3 is 2.36 bits per heavy atom. The molecule has 1 aliphatic rings. The van der Waals surface area contributed by atoms with E-state index >= 15 is 0 Å². The minimum absolute atomic E-state index is 0.0434. The molecule has 0 aromatic carbocycles. The molecule has 4 unspecified atom stereocenters. The summed E-state index contributed by atoms with van der Waals surface area (Å²) in [5.74, 6) is -0.238. The van der Waals surface area contributed by atoms with Crippen molar-refractivity contribution in [2.75, 3.05) is 0 Å². The average Bonchev–Trinajstić information content (AvgIpc) is 2.73. The highest BCUT2D eigenvalue weighted by Gasteiger charge is 2.45. The summed E-state index contributed by atoms with van der Waals surface area (Å²) in [4.78, 5) is 11.2. The zero-order chi connectivity index (χ0) is 16.8. The van der Waals surface area contributed by atoms with Gasteiger partial charge in [-0.15, -0.1) is 0 Å². The molecule has 0 radical (unpaired) electrons. The maximum absolute atomic E-state index is 11.2. The first-order chi connectivity index (χ1) is 10.3. The second kappa shape index (κ2) is 8.80. The molecule has 1 fully saturated rings. The molecule has 0 saturated carbocycles. The van der Waals surface area contributed by atoms with Gasteiger partial charge >= 0.3 is 0 Å². The summed E-state index contributed by atoms with van der Waals surface area (Å²) >= 11 is 0. The van der Waals surface area contributed by atoms with Crippen LogP contribution in [0.4, 0.5) is 0 Å². The summed E-state index contributed by atoms with van der Waals surface area (Å²) in [5, 5.41) is 10.1. The summed E-state index contributed by atoms with van der Waals surface area (Å²) in [7, 11) is 0. The van der Waals surface area contributed by atoms with Gasteiger partial charge < -0.3 is 14.6 Å². The number of allylic oxidation sites excluding steroid dienone is 1. The van der Waals surface area contributed by atoms with E-state index in [1.165, 1.54) is 6.08 Å². The maximum Gasteiger partial charge on any atom is 0.169 e. The Labute approximate surface area is 134 Å². The Morgan fingerprint density at radius 1 is 1.27 bits per heavy atom. The Hall–Kier alpha value is -0.710. The van der Waals surface area contributed by atoms with Crippen LogP contribution in [0.1, 0.15) is 66.2 Å². The van der Waals surface area contributed by atoms with Crippen LogP contribution >= 0.6 is 0 Å². The molecule has 1 saturated heterocycles. The van der Waals surface area contributed by atoms with E-state index in [-0.39, 0.29) is 30.0 Å². The lowest BCUT2D eigenvalue weighted by atomic mass is 9.90. The molecule has 0 aromatic rings. The van der Waals surface area contributed by atoms with Crippen molar-refractivity contribution >= 4 is 5.78 Å². The van der Waals surface area contributed by atoms with Crippen LogP contribution in [0.2, 0.25) is 0 Å². The normalized spacial score (nSPS) is 31.0. The lowest BCUT2D eigenvalue weighted by Crippen LogP contribution is -2.37. The highest BCUT2D eigenvalue weighted by Crippen LogP contribution is 2.38. The zero-order valence-corrected chi connectivity index (χ0v) is 14.5. The molecular formula is C18H32O4. The smallest absolute Gasteiger partial charge is 0.169 e. The summed E-state index contributed by atoms with van der Waals surface area (Å²) in [6, 6.07) is 0. The Kier molecular flexibility index (Phi) is 7.74. The van der Waals surface area contributed by atoms with Gasteiger partial charge in [-0.2, -0.15) is 0 Å². The number of aliphatic hydroxyl groups is 1. The van der Waals surface area contributed by atoms with E-state index in [2.05, 4.69) is 13.5 Å². The Balaban J connectivity index is 2.37. The second-order valence-corrected chi connectivity index (χ2v) is 6.56. The van der Waals surface area contributed by atoms with Crippen LogP contribution in [0.25, 0.3) is 0 Å². The fourth-order valence-corrected chi connectivity index (χ4v) is 3.14. The molecule has 0 aliphatic carbocycles. The standard InChI is InChI=1S/C18H32O4/c1-6-15(18(5)21-13(3)14(4)22-18)11-12-17(20)10-8-9-16(19)7-2/h7,13-15,17,20H,2,6,8-12H2,1,3-5H3. The predicted molar refractivity (Wildman–Crippen MR) is 87.6 cm³/mol. The van der Waals surface area contributed by atoms with E-state index < -0.39 is 5.79 Å². The lowest BCUT2D eigenvalue weighted by molar-refractivity contribution is -0.199. The molecule has 128 valence electrons. The van der Waals surface area contributed by atoms with Gasteiger partial charge in [0.05, 0.1) is 18.3 Å². The molecule has 0 amide bonds. The van der Waals surface area contributed by atoms with E-state index in [0.717, 1.165) is 12.8 Å². The number of hydrogen-bond donors (Lipinski definition) is 1. The van der Waals surface area contributed by atoms with Crippen LogP contribution < -0.4 is 0 Å². The van der Waals surface area contributed by atoms with Gasteiger partial charge in [0.25, 0.3) is 0 Å². The summed E-state index contributed by atoms with van der Waals surface area (Å²) in [6.07, 6.45) is 5.55. The van der Waals surface area contributed by atoms with Gasteiger partial charge in [0, 0.05) is 12.3 Å². The number of rotatable bonds is 10. The fourth-order valence-electron chi connectivity index (χ4n) is 3.14. The molecule has 0 spiro atoms. The van der Waals surface area contributed by atoms with Crippen LogP contribution in [-0.2, 0) is 14.3 Å². The van der Waals surface area contributed by atoms with Gasteiger partial charge in [0.1, 0.15) is 0 Å². The molecule has 1 heterocycles. The number of carbonyl (C=O) groups is 1. The molecular weight excluding hydrogens is 280 g/mol. The molecule has 4 atom stereocenters. The molecule has 4 heteroatoms. The summed E-state index contributed by atoms with van der Waals surface area (Å²) in [5.41, 5.74) is 0. The third kappa shape index (κ3) is 5.49. The van der Waals surface area contributed by atoms with E-state index in [4.69, 9.17) is 9.47 Å². The average molecular weight is 312 g/mol. The van der Waals surface area contributed by atoms with Crippen LogP contribution in [0.15, 0.2) is 12.7 Å². The topological polar surface area (TPSA) is 55.8 Å². The third-order valence-electron chi connectivity index (χ3n) is 4.77. The second-order valence-electron chi connectivity index (χ2n) is 6.56. The van der Waals surface area contributed by atoms with Crippen LogP contribution in [-0.4, -0.2) is 35.0 Å². The van der Waals surface area contributed by atoms with Crippen molar-refractivity contribution in [2.45, 2.75) is 90.3 Å². The number of carbonyl (C=O) groups excluding carboxylic acids is 1. The Morgan fingerprint density at radius 2 is 1.86 bits per heavy atom. The SMILES string of the molecule is C=CC(=O)CCCC(O)CCC(CC)C1(C)OC(C)C(C)O1. The van der Waals surface area contributed by atoms with Crippen LogP contribution in [0, 0.1) is 5.92 Å². The van der Waals surface area contributed by atoms with Crippen molar-refractivity contribution in [1.29, 1.82) is 0 Å².